The third-order valence-corrected chi connectivity index (χ3v) is 9.27. The Labute approximate surface area is 250 Å². The maximum absolute atomic E-state index is 14.1. The monoisotopic (exact) mass is 595 g/mol. The van der Waals surface area contributed by atoms with Crippen LogP contribution in [0, 0.1) is 5.41 Å². The fraction of sp³-hybridized carbons (Fsp3) is 0.562. The molecule has 1 aromatic carbocycles. The number of alkyl halides is 2. The molecule has 2 aromatic heterocycles. The molecule has 1 saturated heterocycles. The van der Waals surface area contributed by atoms with E-state index >= 15 is 0 Å². The molecule has 3 heterocycles. The number of urea groups is 1. The van der Waals surface area contributed by atoms with Gasteiger partial charge in [0.1, 0.15) is 11.6 Å². The van der Waals surface area contributed by atoms with Gasteiger partial charge in [-0.2, -0.15) is 13.8 Å². The van der Waals surface area contributed by atoms with E-state index in [-0.39, 0.29) is 23.0 Å². The molecule has 7 rings (SSSR count). The second-order valence-electron chi connectivity index (χ2n) is 12.7. The summed E-state index contributed by atoms with van der Waals surface area (Å²) in [6.45, 7) is 7.38. The smallest absolute Gasteiger partial charge is 0.325 e. The van der Waals surface area contributed by atoms with Crippen LogP contribution in [0.2, 0.25) is 0 Å². The average molecular weight is 596 g/mol. The van der Waals surface area contributed by atoms with Gasteiger partial charge in [-0.05, 0) is 93.2 Å². The SMILES string of the molecule is CC(C)Oc1ccc(-c2ccnc(N(CC34CCC(c5noc(C(C)(F)F)n5)(CC3)CC4)C(=O)N3CCOCC3)c2)cc1. The second kappa shape index (κ2) is 11.5. The van der Waals surface area contributed by atoms with E-state index in [9.17, 15) is 13.6 Å². The first-order valence-corrected chi connectivity index (χ1v) is 15.2. The van der Waals surface area contributed by atoms with Crippen molar-refractivity contribution in [3.63, 3.8) is 0 Å². The van der Waals surface area contributed by atoms with Crippen molar-refractivity contribution in [1.29, 1.82) is 0 Å². The summed E-state index contributed by atoms with van der Waals surface area (Å²) in [4.78, 5) is 26.5. The number of hydrogen-bond acceptors (Lipinski definition) is 7. The first-order chi connectivity index (χ1) is 20.6. The Bertz CT molecular complexity index is 1410. The Morgan fingerprint density at radius 2 is 1.72 bits per heavy atom. The van der Waals surface area contributed by atoms with Crippen LogP contribution >= 0.6 is 0 Å². The Balaban J connectivity index is 1.25. The zero-order valence-corrected chi connectivity index (χ0v) is 25.0. The van der Waals surface area contributed by atoms with E-state index in [0.29, 0.717) is 44.5 Å². The maximum atomic E-state index is 14.1. The maximum Gasteiger partial charge on any atom is 0.325 e. The first-order valence-electron chi connectivity index (χ1n) is 15.2. The van der Waals surface area contributed by atoms with E-state index in [4.69, 9.17) is 14.0 Å². The van der Waals surface area contributed by atoms with Crippen LogP contribution in [-0.4, -0.2) is 65.0 Å². The van der Waals surface area contributed by atoms with Gasteiger partial charge in [-0.25, -0.2) is 9.78 Å². The molecule has 2 bridgehead atoms. The molecule has 4 fully saturated rings. The number of amides is 2. The minimum atomic E-state index is -3.17. The highest BCUT2D eigenvalue weighted by Gasteiger charge is 2.53. The summed E-state index contributed by atoms with van der Waals surface area (Å²) in [5.41, 5.74) is 1.50. The van der Waals surface area contributed by atoms with Gasteiger partial charge in [-0.3, -0.25) is 4.90 Å². The van der Waals surface area contributed by atoms with Gasteiger partial charge in [0.2, 0.25) is 0 Å². The summed E-state index contributed by atoms with van der Waals surface area (Å²) < 4.78 is 43.9. The fourth-order valence-corrected chi connectivity index (χ4v) is 6.70. The van der Waals surface area contributed by atoms with Crippen molar-refractivity contribution < 1.29 is 27.6 Å². The van der Waals surface area contributed by atoms with Crippen LogP contribution in [0.1, 0.15) is 71.0 Å². The highest BCUT2D eigenvalue weighted by Crippen LogP contribution is 2.57. The number of ether oxygens (including phenoxy) is 2. The third kappa shape index (κ3) is 6.09. The Kier molecular flexibility index (Phi) is 7.87. The number of fused-ring (bicyclic) bond motifs is 3. The Morgan fingerprint density at radius 3 is 2.33 bits per heavy atom. The van der Waals surface area contributed by atoms with Crippen LogP contribution in [0.3, 0.4) is 0 Å². The summed E-state index contributed by atoms with van der Waals surface area (Å²) in [5, 5.41) is 3.99. The van der Waals surface area contributed by atoms with Gasteiger partial charge in [0, 0.05) is 38.2 Å². The number of halogens is 2. The number of benzene rings is 1. The molecule has 0 unspecified atom stereocenters. The van der Waals surface area contributed by atoms with E-state index in [1.165, 1.54) is 0 Å². The number of carbonyl (C=O) groups is 1. The largest absolute Gasteiger partial charge is 0.491 e. The van der Waals surface area contributed by atoms with Crippen molar-refractivity contribution in [3.05, 3.63) is 54.3 Å². The predicted octanol–water partition coefficient (Wildman–Crippen LogP) is 6.58. The number of carbonyl (C=O) groups excluding carboxylic acids is 1. The predicted molar refractivity (Wildman–Crippen MR) is 156 cm³/mol. The standard InChI is InChI=1S/C32H39F2N5O4/c1-22(2)42-25-6-4-23(5-7-25)24-8-15-35-26(20-24)39(29(40)38-16-18-41-19-17-38)21-31-9-12-32(13-10-31,14-11-31)27-36-28(43-37-27)30(3,33)34/h4-8,15,20,22H,9-14,16-19,21H2,1-3H3. The van der Waals surface area contributed by atoms with Crippen LogP contribution in [0.5, 0.6) is 5.75 Å². The molecule has 11 heteroatoms. The van der Waals surface area contributed by atoms with Crippen molar-refractivity contribution in [1.82, 2.24) is 20.0 Å². The quantitative estimate of drug-likeness (QED) is 0.290. The van der Waals surface area contributed by atoms with Gasteiger partial charge < -0.3 is 18.9 Å². The molecule has 0 atom stereocenters. The molecule has 0 radical (unpaired) electrons. The first kappa shape index (κ1) is 29.5. The lowest BCUT2D eigenvalue weighted by atomic mass is 9.53. The molecule has 2 amide bonds. The highest BCUT2D eigenvalue weighted by atomic mass is 19.3. The number of aromatic nitrogens is 3. The van der Waals surface area contributed by atoms with E-state index in [1.54, 1.807) is 6.20 Å². The average Bonchev–Trinajstić information content (AvgIpc) is 3.54. The summed E-state index contributed by atoms with van der Waals surface area (Å²) in [6, 6.07) is 11.8. The van der Waals surface area contributed by atoms with Crippen molar-refractivity contribution in [2.45, 2.75) is 76.7 Å². The molecule has 3 aromatic rings. The van der Waals surface area contributed by atoms with Crippen molar-refractivity contribution >= 4 is 11.8 Å². The summed E-state index contributed by atoms with van der Waals surface area (Å²) in [5.74, 6) is -1.99. The number of nitrogens with zero attached hydrogens (tertiary/aromatic N) is 5. The third-order valence-electron chi connectivity index (χ3n) is 9.27. The lowest BCUT2D eigenvalue weighted by molar-refractivity contribution is -0.0158. The number of morpholine rings is 1. The molecular formula is C32H39F2N5O4. The summed E-state index contributed by atoms with van der Waals surface area (Å²) in [7, 11) is 0. The van der Waals surface area contributed by atoms with Crippen LogP contribution in [-0.2, 0) is 16.1 Å². The van der Waals surface area contributed by atoms with Gasteiger partial charge in [-0.15, -0.1) is 0 Å². The number of rotatable bonds is 8. The molecule has 4 aliphatic rings. The minimum absolute atomic E-state index is 0.0709. The number of hydrogen-bond donors (Lipinski definition) is 0. The molecule has 9 nitrogen and oxygen atoms in total. The van der Waals surface area contributed by atoms with E-state index in [1.807, 2.05) is 60.0 Å². The highest BCUT2D eigenvalue weighted by molar-refractivity contribution is 5.92. The van der Waals surface area contributed by atoms with Crippen LogP contribution in [0.15, 0.2) is 47.1 Å². The lowest BCUT2D eigenvalue weighted by Gasteiger charge is -2.53. The van der Waals surface area contributed by atoms with Crippen LogP contribution in [0.25, 0.3) is 11.1 Å². The lowest BCUT2D eigenvalue weighted by Crippen LogP contribution is -2.55. The van der Waals surface area contributed by atoms with Crippen molar-refractivity contribution in [2.75, 3.05) is 37.7 Å². The Morgan fingerprint density at radius 1 is 1.05 bits per heavy atom. The molecule has 1 aliphatic heterocycles. The zero-order chi connectivity index (χ0) is 30.2. The Hall–Kier alpha value is -3.60. The van der Waals surface area contributed by atoms with Crippen LogP contribution < -0.4 is 9.64 Å². The van der Waals surface area contributed by atoms with Crippen LogP contribution in [0.4, 0.5) is 19.4 Å². The van der Waals surface area contributed by atoms with E-state index in [2.05, 4.69) is 15.1 Å². The molecule has 0 N–H and O–H groups in total. The summed E-state index contributed by atoms with van der Waals surface area (Å²) in [6.07, 6.45) is 6.64. The van der Waals surface area contributed by atoms with Gasteiger partial charge in [0.25, 0.3) is 5.89 Å². The normalized spacial score (nSPS) is 23.9. The molecule has 0 spiro atoms. The molecule has 43 heavy (non-hydrogen) atoms. The minimum Gasteiger partial charge on any atom is -0.491 e. The zero-order valence-electron chi connectivity index (χ0n) is 25.0. The molecule has 3 aliphatic carbocycles. The number of anilines is 1. The van der Waals surface area contributed by atoms with Crippen molar-refractivity contribution in [2.24, 2.45) is 5.41 Å². The van der Waals surface area contributed by atoms with Gasteiger partial charge in [-0.1, -0.05) is 17.3 Å². The second-order valence-corrected chi connectivity index (χ2v) is 12.7. The summed E-state index contributed by atoms with van der Waals surface area (Å²) >= 11 is 0. The number of pyridine rings is 1. The van der Waals surface area contributed by atoms with Gasteiger partial charge in [0.15, 0.2) is 5.82 Å². The fourth-order valence-electron chi connectivity index (χ4n) is 6.70. The van der Waals surface area contributed by atoms with Gasteiger partial charge in [0.05, 0.1) is 19.3 Å². The van der Waals surface area contributed by atoms with E-state index < -0.39 is 11.8 Å². The molecule has 3 saturated carbocycles. The van der Waals surface area contributed by atoms with Gasteiger partial charge >= 0.3 is 12.0 Å². The van der Waals surface area contributed by atoms with E-state index in [0.717, 1.165) is 62.3 Å². The molecular weight excluding hydrogens is 556 g/mol. The van der Waals surface area contributed by atoms with Crippen molar-refractivity contribution in [3.8, 4) is 16.9 Å². The molecule has 230 valence electrons. The topological polar surface area (TPSA) is 93.8 Å².